The summed E-state index contributed by atoms with van der Waals surface area (Å²) in [6, 6.07) is 2.34. The van der Waals surface area contributed by atoms with Crippen molar-refractivity contribution in [2.45, 2.75) is 52.8 Å². The second-order valence-corrected chi connectivity index (χ2v) is 5.95. The van der Waals surface area contributed by atoms with Crippen LogP contribution in [0.5, 0.6) is 0 Å². The summed E-state index contributed by atoms with van der Waals surface area (Å²) in [5.74, 6) is -0.542. The summed E-state index contributed by atoms with van der Waals surface area (Å²) in [5.41, 5.74) is 0. The van der Waals surface area contributed by atoms with Crippen molar-refractivity contribution in [1.29, 1.82) is 0 Å². The van der Waals surface area contributed by atoms with Crippen molar-refractivity contribution in [3.63, 3.8) is 0 Å². The predicted molar refractivity (Wildman–Crippen MR) is 87.3 cm³/mol. The van der Waals surface area contributed by atoms with Gasteiger partial charge in [0, 0.05) is 6.54 Å². The number of tetrazole rings is 1. The van der Waals surface area contributed by atoms with Gasteiger partial charge in [-0.3, -0.25) is 4.79 Å². The Morgan fingerprint density at radius 2 is 2.20 bits per heavy atom. The molecule has 1 atom stereocenters. The summed E-state index contributed by atoms with van der Waals surface area (Å²) in [7, 11) is 0. The van der Waals surface area contributed by atoms with Gasteiger partial charge in [0.2, 0.25) is 0 Å². The standard InChI is InChI=1S/C16H23N5O4/c1-4-5-8-21-13(18-19-20-21)10-25-16(23)14(11(2)3)17-15(22)12-7-6-9-24-12/h6-7,9,11,14H,4-5,8,10H2,1-3H3,(H,17,22). The van der Waals surface area contributed by atoms with Gasteiger partial charge >= 0.3 is 5.97 Å². The number of nitrogens with one attached hydrogen (secondary N) is 1. The molecule has 0 bridgehead atoms. The maximum Gasteiger partial charge on any atom is 0.329 e. The zero-order valence-corrected chi connectivity index (χ0v) is 14.6. The molecule has 0 aliphatic rings. The van der Waals surface area contributed by atoms with Crippen LogP contribution in [0.15, 0.2) is 22.8 Å². The van der Waals surface area contributed by atoms with Crippen molar-refractivity contribution >= 4 is 11.9 Å². The number of amides is 1. The minimum absolute atomic E-state index is 0.0462. The van der Waals surface area contributed by atoms with E-state index in [9.17, 15) is 9.59 Å². The van der Waals surface area contributed by atoms with Crippen LogP contribution in [0.2, 0.25) is 0 Å². The van der Waals surface area contributed by atoms with Gasteiger partial charge in [0.15, 0.2) is 18.2 Å². The molecule has 0 saturated carbocycles. The van der Waals surface area contributed by atoms with E-state index in [0.717, 1.165) is 12.8 Å². The van der Waals surface area contributed by atoms with Crippen LogP contribution < -0.4 is 5.32 Å². The van der Waals surface area contributed by atoms with Gasteiger partial charge in [0.05, 0.1) is 6.26 Å². The highest BCUT2D eigenvalue weighted by molar-refractivity contribution is 5.94. The number of carbonyl (C=O) groups excluding carboxylic acids is 2. The molecule has 9 heteroatoms. The molecule has 0 saturated heterocycles. The average Bonchev–Trinajstić information content (AvgIpc) is 3.26. The monoisotopic (exact) mass is 349 g/mol. The van der Waals surface area contributed by atoms with E-state index in [0.29, 0.717) is 12.4 Å². The molecule has 0 spiro atoms. The van der Waals surface area contributed by atoms with E-state index in [1.54, 1.807) is 10.7 Å². The minimum atomic E-state index is -0.794. The van der Waals surface area contributed by atoms with Crippen LogP contribution in [0.3, 0.4) is 0 Å². The lowest BCUT2D eigenvalue weighted by Gasteiger charge is -2.20. The highest BCUT2D eigenvalue weighted by atomic mass is 16.5. The zero-order valence-electron chi connectivity index (χ0n) is 14.6. The third-order valence-corrected chi connectivity index (χ3v) is 3.63. The van der Waals surface area contributed by atoms with E-state index >= 15 is 0 Å². The summed E-state index contributed by atoms with van der Waals surface area (Å²) in [5, 5.41) is 14.0. The Labute approximate surface area is 145 Å². The molecule has 0 aromatic carbocycles. The van der Waals surface area contributed by atoms with E-state index in [4.69, 9.17) is 9.15 Å². The molecule has 1 amide bonds. The molecule has 0 fully saturated rings. The predicted octanol–water partition coefficient (Wildman–Crippen LogP) is 1.56. The highest BCUT2D eigenvalue weighted by Crippen LogP contribution is 2.09. The smallest absolute Gasteiger partial charge is 0.329 e. The Hall–Kier alpha value is -2.71. The van der Waals surface area contributed by atoms with Gasteiger partial charge in [-0.1, -0.05) is 27.2 Å². The van der Waals surface area contributed by atoms with Crippen molar-refractivity contribution in [3.05, 3.63) is 30.0 Å². The SMILES string of the molecule is CCCCn1nnnc1COC(=O)C(NC(=O)c1ccco1)C(C)C. The van der Waals surface area contributed by atoms with Crippen molar-refractivity contribution in [2.75, 3.05) is 0 Å². The molecular weight excluding hydrogens is 326 g/mol. The van der Waals surface area contributed by atoms with E-state index < -0.39 is 17.9 Å². The number of esters is 1. The van der Waals surface area contributed by atoms with Gasteiger partial charge in [-0.05, 0) is 34.9 Å². The number of hydrogen-bond donors (Lipinski definition) is 1. The first-order chi connectivity index (χ1) is 12.0. The molecule has 2 heterocycles. The van der Waals surface area contributed by atoms with Gasteiger partial charge in [-0.2, -0.15) is 0 Å². The fourth-order valence-electron chi connectivity index (χ4n) is 2.15. The Balaban J connectivity index is 1.94. The van der Waals surface area contributed by atoms with Gasteiger partial charge < -0.3 is 14.5 Å². The van der Waals surface area contributed by atoms with Crippen LogP contribution in [0.1, 0.15) is 50.0 Å². The average molecular weight is 349 g/mol. The lowest BCUT2D eigenvalue weighted by Crippen LogP contribution is -2.45. The molecule has 2 aromatic rings. The second kappa shape index (κ2) is 8.95. The van der Waals surface area contributed by atoms with Crippen LogP contribution in [0.25, 0.3) is 0 Å². The second-order valence-electron chi connectivity index (χ2n) is 5.95. The van der Waals surface area contributed by atoms with Crippen LogP contribution >= 0.6 is 0 Å². The number of unbranched alkanes of at least 4 members (excludes halogenated alkanes) is 1. The molecule has 1 unspecified atom stereocenters. The van der Waals surface area contributed by atoms with Crippen LogP contribution in [0, 0.1) is 5.92 Å². The quantitative estimate of drug-likeness (QED) is 0.684. The van der Waals surface area contributed by atoms with Gasteiger partial charge in [0.1, 0.15) is 6.04 Å². The molecule has 2 rings (SSSR count). The number of nitrogens with zero attached hydrogens (tertiary/aromatic N) is 4. The number of aryl methyl sites for hydroxylation is 1. The fraction of sp³-hybridized carbons (Fsp3) is 0.562. The topological polar surface area (TPSA) is 112 Å². The van der Waals surface area contributed by atoms with Gasteiger partial charge in [-0.15, -0.1) is 5.10 Å². The van der Waals surface area contributed by atoms with Crippen molar-refractivity contribution in [3.8, 4) is 0 Å². The zero-order chi connectivity index (χ0) is 18.2. The summed E-state index contributed by atoms with van der Waals surface area (Å²) in [6.07, 6.45) is 3.33. The Bertz CT molecular complexity index is 681. The molecule has 0 aliphatic heterocycles. The molecule has 1 N–H and O–H groups in total. The number of furan rings is 1. The van der Waals surface area contributed by atoms with E-state index in [1.165, 1.54) is 12.3 Å². The minimum Gasteiger partial charge on any atom is -0.459 e. The molecule has 0 radical (unpaired) electrons. The van der Waals surface area contributed by atoms with Crippen molar-refractivity contribution in [1.82, 2.24) is 25.5 Å². The number of carbonyl (C=O) groups is 2. The van der Waals surface area contributed by atoms with Crippen LogP contribution in [-0.2, 0) is 22.7 Å². The molecular formula is C16H23N5O4. The summed E-state index contributed by atoms with van der Waals surface area (Å²) in [4.78, 5) is 24.4. The third-order valence-electron chi connectivity index (χ3n) is 3.63. The number of aromatic nitrogens is 4. The Morgan fingerprint density at radius 3 is 2.84 bits per heavy atom. The molecule has 136 valence electrons. The normalized spacial score (nSPS) is 12.2. The van der Waals surface area contributed by atoms with E-state index in [-0.39, 0.29) is 18.3 Å². The van der Waals surface area contributed by atoms with E-state index in [1.807, 2.05) is 13.8 Å². The summed E-state index contributed by atoms with van der Waals surface area (Å²) < 4.78 is 11.9. The first kappa shape index (κ1) is 18.6. The fourth-order valence-corrected chi connectivity index (χ4v) is 2.15. The van der Waals surface area contributed by atoms with Crippen molar-refractivity contribution < 1.29 is 18.7 Å². The number of ether oxygens (including phenoxy) is 1. The number of hydrogen-bond acceptors (Lipinski definition) is 7. The van der Waals surface area contributed by atoms with E-state index in [2.05, 4.69) is 27.8 Å². The Morgan fingerprint density at radius 1 is 1.40 bits per heavy atom. The van der Waals surface area contributed by atoms with Gasteiger partial charge in [0.25, 0.3) is 5.91 Å². The Kier molecular flexibility index (Phi) is 6.67. The molecule has 2 aromatic heterocycles. The molecule has 9 nitrogen and oxygen atoms in total. The largest absolute Gasteiger partial charge is 0.459 e. The first-order valence-corrected chi connectivity index (χ1v) is 8.29. The summed E-state index contributed by atoms with van der Waals surface area (Å²) >= 11 is 0. The van der Waals surface area contributed by atoms with Crippen LogP contribution in [-0.4, -0.2) is 38.1 Å². The first-order valence-electron chi connectivity index (χ1n) is 8.29. The maximum absolute atomic E-state index is 12.4. The lowest BCUT2D eigenvalue weighted by molar-refractivity contribution is -0.148. The molecule has 0 aliphatic carbocycles. The highest BCUT2D eigenvalue weighted by Gasteiger charge is 2.27. The maximum atomic E-state index is 12.4. The lowest BCUT2D eigenvalue weighted by atomic mass is 10.0. The van der Waals surface area contributed by atoms with Crippen molar-refractivity contribution in [2.24, 2.45) is 5.92 Å². The van der Waals surface area contributed by atoms with Crippen LogP contribution in [0.4, 0.5) is 0 Å². The molecule has 25 heavy (non-hydrogen) atoms. The van der Waals surface area contributed by atoms with Gasteiger partial charge in [-0.25, -0.2) is 9.48 Å². The number of rotatable bonds is 9. The summed E-state index contributed by atoms with van der Waals surface area (Å²) in [6.45, 7) is 6.33. The third kappa shape index (κ3) is 5.13.